The summed E-state index contributed by atoms with van der Waals surface area (Å²) in [6.07, 6.45) is 8.14. The van der Waals surface area contributed by atoms with Crippen LogP contribution in [0.5, 0.6) is 0 Å². The lowest BCUT2D eigenvalue weighted by Gasteiger charge is -2.33. The van der Waals surface area contributed by atoms with E-state index in [9.17, 15) is 4.79 Å². The Morgan fingerprint density at radius 1 is 1.10 bits per heavy atom. The number of terminal acetylenes is 1. The molecular formula is C17H12N2O. The van der Waals surface area contributed by atoms with Crippen LogP contribution in [-0.2, 0) is 10.5 Å². The van der Waals surface area contributed by atoms with Gasteiger partial charge in [0.1, 0.15) is 0 Å². The fourth-order valence-electron chi connectivity index (χ4n) is 2.35. The molecule has 1 heterocycles. The summed E-state index contributed by atoms with van der Waals surface area (Å²) in [4.78, 5) is 17.9. The summed E-state index contributed by atoms with van der Waals surface area (Å²) in [6, 6.07) is 19.5. The minimum atomic E-state index is -1.19. The van der Waals surface area contributed by atoms with E-state index in [0.717, 1.165) is 22.4 Å². The highest BCUT2D eigenvalue weighted by molar-refractivity contribution is 5.70. The molecule has 2 aromatic carbocycles. The molecule has 1 aliphatic rings. The van der Waals surface area contributed by atoms with Gasteiger partial charge in [-0.1, -0.05) is 55.0 Å². The van der Waals surface area contributed by atoms with Crippen molar-refractivity contribution in [3.8, 4) is 12.5 Å². The molecule has 0 spiro atoms. The van der Waals surface area contributed by atoms with E-state index < -0.39 is 5.66 Å². The molecule has 1 unspecified atom stereocenters. The van der Waals surface area contributed by atoms with E-state index in [1.54, 1.807) is 6.20 Å². The number of nitrogens with zero attached hydrogens (tertiary/aromatic N) is 2. The fraction of sp³-hybridized carbons (Fsp3) is 0.0588. The molecule has 0 aromatic heterocycles. The Kier molecular flexibility index (Phi) is 2.85. The van der Waals surface area contributed by atoms with Gasteiger partial charge in [0.25, 0.3) is 0 Å². The number of benzene rings is 2. The summed E-state index contributed by atoms with van der Waals surface area (Å²) < 4.78 is 0. The van der Waals surface area contributed by atoms with Crippen molar-refractivity contribution < 1.29 is 4.79 Å². The fourth-order valence-corrected chi connectivity index (χ4v) is 2.35. The Morgan fingerprint density at radius 2 is 1.80 bits per heavy atom. The zero-order chi connectivity index (χ0) is 14.0. The van der Waals surface area contributed by atoms with Gasteiger partial charge in [-0.3, -0.25) is 9.69 Å². The van der Waals surface area contributed by atoms with Crippen LogP contribution in [0.2, 0.25) is 0 Å². The van der Waals surface area contributed by atoms with E-state index in [1.807, 2.05) is 54.6 Å². The highest BCUT2D eigenvalue weighted by Gasteiger charge is 2.37. The smallest absolute Gasteiger partial charge is 0.225 e. The molecule has 96 valence electrons. The third kappa shape index (κ3) is 1.70. The van der Waals surface area contributed by atoms with Crippen molar-refractivity contribution in [3.05, 3.63) is 70.7 Å². The molecule has 0 N–H and O–H groups in total. The molecule has 0 amide bonds. The highest BCUT2D eigenvalue weighted by atomic mass is 16.1. The summed E-state index contributed by atoms with van der Waals surface area (Å²) in [7, 11) is 0. The minimum Gasteiger partial charge on any atom is -0.298 e. The molecule has 2 aromatic rings. The number of hydrogen-bond donors (Lipinski definition) is 0. The summed E-state index contributed by atoms with van der Waals surface area (Å²) in [5, 5.41) is 1.66. The zero-order valence-corrected chi connectivity index (χ0v) is 10.7. The van der Waals surface area contributed by atoms with Gasteiger partial charge < -0.3 is 0 Å². The molecule has 0 saturated carbocycles. The number of fused-ring (bicyclic) bond motifs is 1. The lowest BCUT2D eigenvalue weighted by atomic mass is 9.98. The molecule has 0 fully saturated rings. The van der Waals surface area contributed by atoms with Gasteiger partial charge in [-0.15, -0.1) is 0 Å². The standard InChI is InChI=1S/C17H12N2O/c1-2-19-12-14-8-6-7-11-16(14)18-17(19,13-20)15-9-4-3-5-10-15/h1,3-13H. The van der Waals surface area contributed by atoms with Gasteiger partial charge in [-0.2, -0.15) is 0 Å². The normalized spacial score (nSPS) is 20.1. The van der Waals surface area contributed by atoms with Crippen molar-refractivity contribution in [2.45, 2.75) is 5.66 Å². The SMILES string of the molecule is C#CN1C=c2ccccc2=NC1(C=O)c1ccccc1. The summed E-state index contributed by atoms with van der Waals surface area (Å²) >= 11 is 0. The first-order valence-electron chi connectivity index (χ1n) is 6.24. The van der Waals surface area contributed by atoms with Gasteiger partial charge in [-0.05, 0) is 6.07 Å². The van der Waals surface area contributed by atoms with Crippen LogP contribution in [0.3, 0.4) is 0 Å². The average molecular weight is 260 g/mol. The average Bonchev–Trinajstić information content (AvgIpc) is 2.54. The molecule has 1 aliphatic heterocycles. The molecule has 20 heavy (non-hydrogen) atoms. The zero-order valence-electron chi connectivity index (χ0n) is 10.7. The van der Waals surface area contributed by atoms with Gasteiger partial charge in [0.2, 0.25) is 5.66 Å². The van der Waals surface area contributed by atoms with Gasteiger partial charge in [0.05, 0.1) is 5.36 Å². The van der Waals surface area contributed by atoms with E-state index in [1.165, 1.54) is 4.90 Å². The largest absolute Gasteiger partial charge is 0.298 e. The van der Waals surface area contributed by atoms with Gasteiger partial charge >= 0.3 is 0 Å². The Morgan fingerprint density at radius 3 is 2.50 bits per heavy atom. The monoisotopic (exact) mass is 260 g/mol. The lowest BCUT2D eigenvalue weighted by molar-refractivity contribution is -0.115. The molecule has 3 rings (SSSR count). The van der Waals surface area contributed by atoms with Crippen LogP contribution in [0.25, 0.3) is 6.20 Å². The first-order chi connectivity index (χ1) is 9.80. The Hall–Kier alpha value is -2.86. The van der Waals surface area contributed by atoms with Crippen molar-refractivity contribution >= 4 is 12.5 Å². The molecular weight excluding hydrogens is 248 g/mol. The second kappa shape index (κ2) is 4.67. The maximum atomic E-state index is 11.8. The molecule has 0 aliphatic carbocycles. The first kappa shape index (κ1) is 12.2. The number of carbonyl (C=O) groups is 1. The second-order valence-electron chi connectivity index (χ2n) is 4.51. The molecule has 3 heteroatoms. The van der Waals surface area contributed by atoms with Crippen LogP contribution in [-0.4, -0.2) is 11.2 Å². The molecule has 1 atom stereocenters. The Labute approximate surface area is 116 Å². The van der Waals surface area contributed by atoms with Crippen LogP contribution < -0.4 is 10.6 Å². The highest BCUT2D eigenvalue weighted by Crippen LogP contribution is 2.28. The second-order valence-corrected chi connectivity index (χ2v) is 4.51. The summed E-state index contributed by atoms with van der Waals surface area (Å²) in [5.74, 6) is 0. The van der Waals surface area contributed by atoms with Crippen molar-refractivity contribution in [1.29, 1.82) is 0 Å². The van der Waals surface area contributed by atoms with Gasteiger partial charge in [0, 0.05) is 23.0 Å². The Bertz CT molecular complexity index is 805. The van der Waals surface area contributed by atoms with E-state index in [4.69, 9.17) is 6.42 Å². The third-order valence-corrected chi connectivity index (χ3v) is 3.37. The maximum absolute atomic E-state index is 11.8. The van der Waals surface area contributed by atoms with Crippen LogP contribution in [0.1, 0.15) is 5.56 Å². The van der Waals surface area contributed by atoms with E-state index in [2.05, 4.69) is 11.0 Å². The van der Waals surface area contributed by atoms with Crippen molar-refractivity contribution in [2.24, 2.45) is 4.99 Å². The Balaban J connectivity index is 2.34. The van der Waals surface area contributed by atoms with Gasteiger partial charge in [-0.25, -0.2) is 4.99 Å². The maximum Gasteiger partial charge on any atom is 0.225 e. The first-order valence-corrected chi connectivity index (χ1v) is 6.24. The molecule has 0 bridgehead atoms. The minimum absolute atomic E-state index is 0.749. The predicted molar refractivity (Wildman–Crippen MR) is 76.5 cm³/mol. The summed E-state index contributed by atoms with van der Waals surface area (Å²) in [5.41, 5.74) is -0.441. The van der Waals surface area contributed by atoms with Crippen molar-refractivity contribution in [2.75, 3.05) is 0 Å². The quantitative estimate of drug-likeness (QED) is 0.596. The number of hydrogen-bond acceptors (Lipinski definition) is 3. The number of rotatable bonds is 2. The number of carbonyl (C=O) groups excluding carboxylic acids is 1. The van der Waals surface area contributed by atoms with E-state index in [-0.39, 0.29) is 0 Å². The summed E-state index contributed by atoms with van der Waals surface area (Å²) in [6.45, 7) is 0. The van der Waals surface area contributed by atoms with Crippen molar-refractivity contribution in [3.63, 3.8) is 0 Å². The van der Waals surface area contributed by atoms with Crippen LogP contribution in [0, 0.1) is 12.5 Å². The van der Waals surface area contributed by atoms with Gasteiger partial charge in [0.15, 0.2) is 6.29 Å². The molecule has 0 radical (unpaired) electrons. The van der Waals surface area contributed by atoms with E-state index >= 15 is 0 Å². The number of para-hydroxylation sites is 1. The number of aldehydes is 1. The van der Waals surface area contributed by atoms with Crippen LogP contribution in [0.15, 0.2) is 59.6 Å². The lowest BCUT2D eigenvalue weighted by Crippen LogP contribution is -2.48. The van der Waals surface area contributed by atoms with Crippen LogP contribution in [0.4, 0.5) is 0 Å². The topological polar surface area (TPSA) is 32.7 Å². The van der Waals surface area contributed by atoms with Crippen LogP contribution >= 0.6 is 0 Å². The van der Waals surface area contributed by atoms with E-state index in [0.29, 0.717) is 0 Å². The molecule has 3 nitrogen and oxygen atoms in total. The van der Waals surface area contributed by atoms with Crippen molar-refractivity contribution in [1.82, 2.24) is 4.90 Å². The third-order valence-electron chi connectivity index (χ3n) is 3.37. The predicted octanol–water partition coefficient (Wildman–Crippen LogP) is 1.00. The molecule has 0 saturated heterocycles.